The fourth-order valence-electron chi connectivity index (χ4n) is 1.86. The van der Waals surface area contributed by atoms with Gasteiger partial charge in [0.2, 0.25) is 0 Å². The van der Waals surface area contributed by atoms with E-state index in [9.17, 15) is 8.78 Å². The van der Waals surface area contributed by atoms with Gasteiger partial charge in [-0.2, -0.15) is 0 Å². The molecule has 0 unspecified atom stereocenters. The number of halogens is 2. The Labute approximate surface area is 102 Å². The number of allylic oxidation sites excluding steroid dienone is 2. The Balaban J connectivity index is 3.22. The van der Waals surface area contributed by atoms with Crippen LogP contribution in [0, 0.1) is 0 Å². The molecule has 1 aromatic heterocycles. The Morgan fingerprint density at radius 1 is 1.41 bits per heavy atom. The summed E-state index contributed by atoms with van der Waals surface area (Å²) in [6.07, 6.45) is 4.55. The largest absolute Gasteiger partial charge is 0.274 e. The maximum Gasteiger partial charge on any atom is 0.274 e. The van der Waals surface area contributed by atoms with E-state index < -0.39 is 5.92 Å². The molecule has 0 aliphatic carbocycles. The molecule has 94 valence electrons. The summed E-state index contributed by atoms with van der Waals surface area (Å²) in [7, 11) is 0. The maximum absolute atomic E-state index is 13.8. The number of alkyl halides is 2. The van der Waals surface area contributed by atoms with Crippen LogP contribution in [0.2, 0.25) is 0 Å². The number of aryl methyl sites for hydroxylation is 1. The molecule has 0 fully saturated rings. The first kappa shape index (κ1) is 13.8. The van der Waals surface area contributed by atoms with Crippen LogP contribution in [-0.2, 0) is 6.42 Å². The van der Waals surface area contributed by atoms with Gasteiger partial charge in [0.15, 0.2) is 0 Å². The lowest BCUT2D eigenvalue weighted by atomic mass is 9.96. The minimum absolute atomic E-state index is 0.0454. The van der Waals surface area contributed by atoms with Crippen LogP contribution in [0.25, 0.3) is 5.57 Å². The summed E-state index contributed by atoms with van der Waals surface area (Å²) < 4.78 is 27.6. The van der Waals surface area contributed by atoms with Crippen LogP contribution in [0.5, 0.6) is 0 Å². The predicted molar refractivity (Wildman–Crippen MR) is 67.1 cm³/mol. The molecular formula is C14H19F2N. The second kappa shape index (κ2) is 5.89. The quantitative estimate of drug-likeness (QED) is 0.738. The highest BCUT2D eigenvalue weighted by atomic mass is 19.3. The Hall–Kier alpha value is -1.25. The molecule has 1 aromatic rings. The van der Waals surface area contributed by atoms with Crippen molar-refractivity contribution < 1.29 is 8.78 Å². The monoisotopic (exact) mass is 239 g/mol. The second-order valence-electron chi connectivity index (χ2n) is 4.02. The van der Waals surface area contributed by atoms with Crippen LogP contribution in [-0.4, -0.2) is 10.9 Å². The van der Waals surface area contributed by atoms with Crippen molar-refractivity contribution in [3.05, 3.63) is 35.7 Å². The Kier molecular flexibility index (Phi) is 4.79. The molecule has 0 amide bonds. The highest BCUT2D eigenvalue weighted by Crippen LogP contribution is 2.35. The zero-order valence-electron chi connectivity index (χ0n) is 10.6. The fourth-order valence-corrected chi connectivity index (χ4v) is 1.86. The summed E-state index contributed by atoms with van der Waals surface area (Å²) in [5, 5.41) is 0. The van der Waals surface area contributed by atoms with Gasteiger partial charge in [0.05, 0.1) is 5.69 Å². The molecule has 1 heterocycles. The number of hydrogen-bond donors (Lipinski definition) is 0. The third-order valence-electron chi connectivity index (χ3n) is 2.79. The second-order valence-corrected chi connectivity index (χ2v) is 4.02. The number of aromatic nitrogens is 1. The van der Waals surface area contributed by atoms with Crippen molar-refractivity contribution in [3.8, 4) is 0 Å². The molecule has 3 heteroatoms. The molecule has 1 rings (SSSR count). The molecule has 0 N–H and O–H groups in total. The van der Waals surface area contributed by atoms with Crippen LogP contribution < -0.4 is 0 Å². The van der Waals surface area contributed by atoms with Crippen LogP contribution in [0.1, 0.15) is 44.9 Å². The molecule has 0 saturated heterocycles. The van der Waals surface area contributed by atoms with Gasteiger partial charge >= 0.3 is 0 Å². The highest BCUT2D eigenvalue weighted by molar-refractivity contribution is 5.70. The van der Waals surface area contributed by atoms with Gasteiger partial charge in [-0.25, -0.2) is 8.78 Å². The van der Waals surface area contributed by atoms with E-state index in [2.05, 4.69) is 4.98 Å². The van der Waals surface area contributed by atoms with E-state index in [-0.39, 0.29) is 12.0 Å². The minimum Gasteiger partial charge on any atom is -0.256 e. The number of nitrogens with zero attached hydrogens (tertiary/aromatic N) is 1. The van der Waals surface area contributed by atoms with Gasteiger partial charge in [0.1, 0.15) is 0 Å². The molecule has 0 atom stereocenters. The molecule has 1 nitrogen and oxygen atoms in total. The molecule has 0 aliphatic heterocycles. The van der Waals surface area contributed by atoms with Crippen LogP contribution in [0.15, 0.2) is 24.4 Å². The topological polar surface area (TPSA) is 12.9 Å². The fraction of sp³-hybridized carbons (Fsp3) is 0.500. The molecule has 0 aliphatic rings. The summed E-state index contributed by atoms with van der Waals surface area (Å²) >= 11 is 0. The molecule has 0 saturated carbocycles. The summed E-state index contributed by atoms with van der Waals surface area (Å²) in [4.78, 5) is 4.13. The van der Waals surface area contributed by atoms with E-state index in [1.165, 1.54) is 13.0 Å². The highest BCUT2D eigenvalue weighted by Gasteiger charge is 2.33. The predicted octanol–water partition coefficient (Wildman–Crippen LogP) is 4.48. The number of hydrogen-bond acceptors (Lipinski definition) is 1. The molecule has 0 spiro atoms. The van der Waals surface area contributed by atoms with Gasteiger partial charge in [0.25, 0.3) is 5.92 Å². The van der Waals surface area contributed by atoms with Crippen LogP contribution in [0.4, 0.5) is 8.78 Å². The van der Waals surface area contributed by atoms with Crippen molar-refractivity contribution in [2.75, 3.05) is 0 Å². The Morgan fingerprint density at radius 3 is 2.65 bits per heavy atom. The van der Waals surface area contributed by atoms with Gasteiger partial charge in [-0.15, -0.1) is 0 Å². The van der Waals surface area contributed by atoms with Crippen LogP contribution in [0.3, 0.4) is 0 Å². The summed E-state index contributed by atoms with van der Waals surface area (Å²) in [6, 6.07) is 3.67. The normalized spacial score (nSPS) is 12.9. The molecule has 0 aromatic carbocycles. The summed E-state index contributed by atoms with van der Waals surface area (Å²) in [5.41, 5.74) is 1.39. The van der Waals surface area contributed by atoms with Crippen LogP contribution >= 0.6 is 0 Å². The molecular weight excluding hydrogens is 220 g/mol. The van der Waals surface area contributed by atoms with Crippen molar-refractivity contribution >= 4 is 5.57 Å². The lowest BCUT2D eigenvalue weighted by molar-refractivity contribution is 0.0622. The maximum atomic E-state index is 13.8. The molecule has 0 bridgehead atoms. The van der Waals surface area contributed by atoms with E-state index in [0.29, 0.717) is 5.69 Å². The van der Waals surface area contributed by atoms with Crippen molar-refractivity contribution in [2.45, 2.75) is 46.0 Å². The van der Waals surface area contributed by atoms with E-state index in [1.54, 1.807) is 19.2 Å². The van der Waals surface area contributed by atoms with E-state index >= 15 is 0 Å². The molecule has 0 radical (unpaired) electrons. The third-order valence-corrected chi connectivity index (χ3v) is 2.79. The minimum atomic E-state index is -2.80. The standard InChI is InChI=1S/C14H19F2N/c1-4-8-11-9-7-10-17-13(11)12(5-2)14(15,16)6-3/h5,7,9-10H,4,6,8H2,1-3H3/b12-5-. The summed E-state index contributed by atoms with van der Waals surface area (Å²) in [6.45, 7) is 5.17. The smallest absolute Gasteiger partial charge is 0.256 e. The van der Waals surface area contributed by atoms with E-state index in [1.807, 2.05) is 13.0 Å². The zero-order chi connectivity index (χ0) is 12.9. The third kappa shape index (κ3) is 3.11. The van der Waals surface area contributed by atoms with Gasteiger partial charge in [0, 0.05) is 18.2 Å². The van der Waals surface area contributed by atoms with Crippen molar-refractivity contribution in [2.24, 2.45) is 0 Å². The first-order chi connectivity index (χ1) is 8.06. The number of pyridine rings is 1. The molecule has 17 heavy (non-hydrogen) atoms. The first-order valence-corrected chi connectivity index (χ1v) is 6.05. The summed E-state index contributed by atoms with van der Waals surface area (Å²) in [5.74, 6) is -2.80. The van der Waals surface area contributed by atoms with Crippen molar-refractivity contribution in [1.29, 1.82) is 0 Å². The number of rotatable bonds is 5. The average molecular weight is 239 g/mol. The zero-order valence-corrected chi connectivity index (χ0v) is 10.6. The van der Waals surface area contributed by atoms with Crippen molar-refractivity contribution in [1.82, 2.24) is 4.98 Å². The lowest BCUT2D eigenvalue weighted by Crippen LogP contribution is -2.18. The van der Waals surface area contributed by atoms with Gasteiger partial charge < -0.3 is 0 Å². The van der Waals surface area contributed by atoms with Crippen molar-refractivity contribution in [3.63, 3.8) is 0 Å². The van der Waals surface area contributed by atoms with Gasteiger partial charge in [-0.05, 0) is 25.0 Å². The Bertz CT molecular complexity index is 397. The van der Waals surface area contributed by atoms with Gasteiger partial charge in [-0.1, -0.05) is 32.4 Å². The SMILES string of the molecule is C/C=C(/c1ncccc1CCC)C(F)(F)CC. The first-order valence-electron chi connectivity index (χ1n) is 6.05. The average Bonchev–Trinajstić information content (AvgIpc) is 2.32. The van der Waals surface area contributed by atoms with Gasteiger partial charge in [-0.3, -0.25) is 4.98 Å². The Morgan fingerprint density at radius 2 is 2.12 bits per heavy atom. The van der Waals surface area contributed by atoms with E-state index in [4.69, 9.17) is 0 Å². The lowest BCUT2D eigenvalue weighted by Gasteiger charge is -2.19. The van der Waals surface area contributed by atoms with E-state index in [0.717, 1.165) is 18.4 Å².